The molecule has 0 spiro atoms. The molecule has 1 nitrogen and oxygen atoms in total. The number of hydrogen-bond acceptors (Lipinski definition) is 1. The molecule has 1 radical (unpaired) electrons. The second-order valence-corrected chi connectivity index (χ2v) is 3.56. The molecule has 11 heavy (non-hydrogen) atoms. The Morgan fingerprint density at radius 1 is 1.64 bits per heavy atom. The maximum atomic E-state index is 7.53. The largest absolute Gasteiger partial charge is 0.255 e. The van der Waals surface area contributed by atoms with Gasteiger partial charge in [-0.3, -0.25) is 5.73 Å². The SMILES string of the molecule is CCC([NH])CCc1ccsc1. The Balaban J connectivity index is 2.23. The third-order valence-electron chi connectivity index (χ3n) is 1.85. The van der Waals surface area contributed by atoms with Gasteiger partial charge in [-0.25, -0.2) is 0 Å². The number of rotatable bonds is 4. The Hall–Kier alpha value is -0.340. The molecule has 0 bridgehead atoms. The predicted octanol–water partition coefficient (Wildman–Crippen LogP) is 2.74. The Kier molecular flexibility index (Phi) is 3.60. The lowest BCUT2D eigenvalue weighted by Crippen LogP contribution is -2.07. The van der Waals surface area contributed by atoms with Gasteiger partial charge in [0.15, 0.2) is 0 Å². The van der Waals surface area contributed by atoms with E-state index in [2.05, 4.69) is 23.8 Å². The predicted molar refractivity (Wildman–Crippen MR) is 49.8 cm³/mol. The smallest absolute Gasteiger partial charge is 0.0213 e. The highest BCUT2D eigenvalue weighted by Gasteiger charge is 2.00. The molecule has 1 heterocycles. The minimum Gasteiger partial charge on any atom is -0.255 e. The van der Waals surface area contributed by atoms with Gasteiger partial charge < -0.3 is 0 Å². The summed E-state index contributed by atoms with van der Waals surface area (Å²) in [5.41, 5.74) is 8.92. The topological polar surface area (TPSA) is 23.8 Å². The quantitative estimate of drug-likeness (QED) is 0.660. The third kappa shape index (κ3) is 3.04. The van der Waals surface area contributed by atoms with Crippen LogP contribution in [-0.2, 0) is 6.42 Å². The van der Waals surface area contributed by atoms with Crippen molar-refractivity contribution in [3.63, 3.8) is 0 Å². The summed E-state index contributed by atoms with van der Waals surface area (Å²) in [6.07, 6.45) is 3.06. The Morgan fingerprint density at radius 2 is 2.45 bits per heavy atom. The average molecular weight is 168 g/mol. The zero-order valence-corrected chi connectivity index (χ0v) is 7.66. The van der Waals surface area contributed by atoms with Crippen LogP contribution in [0, 0.1) is 0 Å². The van der Waals surface area contributed by atoms with Crippen LogP contribution in [0.25, 0.3) is 0 Å². The van der Waals surface area contributed by atoms with Gasteiger partial charge in [-0.1, -0.05) is 6.92 Å². The molecule has 0 saturated heterocycles. The van der Waals surface area contributed by atoms with Crippen LogP contribution in [0.2, 0.25) is 0 Å². The van der Waals surface area contributed by atoms with E-state index in [1.165, 1.54) is 5.56 Å². The van der Waals surface area contributed by atoms with Crippen molar-refractivity contribution in [1.29, 1.82) is 0 Å². The van der Waals surface area contributed by atoms with Gasteiger partial charge in [0.25, 0.3) is 0 Å². The van der Waals surface area contributed by atoms with Crippen molar-refractivity contribution in [2.75, 3.05) is 0 Å². The molecule has 0 aliphatic carbocycles. The van der Waals surface area contributed by atoms with Crippen LogP contribution in [0.5, 0.6) is 0 Å². The maximum absolute atomic E-state index is 7.53. The molecule has 0 amide bonds. The molecule has 1 atom stereocenters. The van der Waals surface area contributed by atoms with Crippen LogP contribution >= 0.6 is 11.3 Å². The van der Waals surface area contributed by atoms with Crippen molar-refractivity contribution in [2.45, 2.75) is 32.2 Å². The fourth-order valence-corrected chi connectivity index (χ4v) is 1.68. The first-order valence-corrected chi connectivity index (χ1v) is 4.99. The summed E-state index contributed by atoms with van der Waals surface area (Å²) in [6.45, 7) is 2.07. The molecular weight excluding hydrogens is 154 g/mol. The molecule has 1 unspecified atom stereocenters. The van der Waals surface area contributed by atoms with Crippen LogP contribution in [0.15, 0.2) is 16.8 Å². The highest BCUT2D eigenvalue weighted by molar-refractivity contribution is 7.07. The molecule has 1 N–H and O–H groups in total. The Bertz CT molecular complexity index is 181. The number of nitrogens with one attached hydrogen (secondary N) is 1. The molecule has 1 aromatic rings. The van der Waals surface area contributed by atoms with E-state index in [0.717, 1.165) is 19.3 Å². The summed E-state index contributed by atoms with van der Waals surface area (Å²) in [7, 11) is 0. The first-order chi connectivity index (χ1) is 5.33. The lowest BCUT2D eigenvalue weighted by molar-refractivity contribution is 0.580. The minimum atomic E-state index is 0.134. The highest BCUT2D eigenvalue weighted by Crippen LogP contribution is 2.10. The summed E-state index contributed by atoms with van der Waals surface area (Å²) in [5, 5.41) is 4.27. The minimum absolute atomic E-state index is 0.134. The van der Waals surface area contributed by atoms with E-state index in [0.29, 0.717) is 0 Å². The number of thiophene rings is 1. The summed E-state index contributed by atoms with van der Waals surface area (Å²) < 4.78 is 0. The van der Waals surface area contributed by atoms with Gasteiger partial charge in [0, 0.05) is 6.04 Å². The van der Waals surface area contributed by atoms with Crippen molar-refractivity contribution in [1.82, 2.24) is 5.73 Å². The standard InChI is InChI=1S/C9H14NS/c1-2-9(10)4-3-8-5-6-11-7-8/h5-7,9-10H,2-4H2,1H3. The molecule has 61 valence electrons. The maximum Gasteiger partial charge on any atom is 0.0213 e. The molecular formula is C9H14NS. The highest BCUT2D eigenvalue weighted by atomic mass is 32.1. The molecule has 0 aliphatic rings. The van der Waals surface area contributed by atoms with Crippen LogP contribution in [0.4, 0.5) is 0 Å². The van der Waals surface area contributed by atoms with E-state index in [4.69, 9.17) is 5.73 Å². The molecule has 1 aromatic heterocycles. The monoisotopic (exact) mass is 168 g/mol. The normalized spacial score (nSPS) is 13.3. The van der Waals surface area contributed by atoms with Crippen LogP contribution in [-0.4, -0.2) is 6.04 Å². The molecule has 1 rings (SSSR count). The van der Waals surface area contributed by atoms with Gasteiger partial charge >= 0.3 is 0 Å². The average Bonchev–Trinajstić information content (AvgIpc) is 2.52. The van der Waals surface area contributed by atoms with Gasteiger partial charge in [0.2, 0.25) is 0 Å². The molecule has 0 aromatic carbocycles. The van der Waals surface area contributed by atoms with E-state index in [1.807, 2.05) is 0 Å². The van der Waals surface area contributed by atoms with Crippen LogP contribution < -0.4 is 5.73 Å². The summed E-state index contributed by atoms with van der Waals surface area (Å²) in [4.78, 5) is 0. The van der Waals surface area contributed by atoms with E-state index in [9.17, 15) is 0 Å². The van der Waals surface area contributed by atoms with Crippen molar-refractivity contribution >= 4 is 11.3 Å². The zero-order valence-electron chi connectivity index (χ0n) is 6.84. The second-order valence-electron chi connectivity index (χ2n) is 2.78. The van der Waals surface area contributed by atoms with E-state index < -0.39 is 0 Å². The summed E-state index contributed by atoms with van der Waals surface area (Å²) in [5.74, 6) is 0. The number of hydrogen-bond donors (Lipinski definition) is 0. The van der Waals surface area contributed by atoms with Crippen LogP contribution in [0.3, 0.4) is 0 Å². The second kappa shape index (κ2) is 4.52. The lowest BCUT2D eigenvalue weighted by Gasteiger charge is -2.04. The van der Waals surface area contributed by atoms with Crippen LogP contribution in [0.1, 0.15) is 25.3 Å². The third-order valence-corrected chi connectivity index (χ3v) is 2.59. The lowest BCUT2D eigenvalue weighted by atomic mass is 10.1. The van der Waals surface area contributed by atoms with Crippen molar-refractivity contribution in [3.8, 4) is 0 Å². The van der Waals surface area contributed by atoms with E-state index in [1.54, 1.807) is 11.3 Å². The molecule has 0 fully saturated rings. The molecule has 2 heteroatoms. The molecule has 0 aliphatic heterocycles. The first kappa shape index (κ1) is 8.75. The zero-order chi connectivity index (χ0) is 8.10. The fourth-order valence-electron chi connectivity index (χ4n) is 0.980. The van der Waals surface area contributed by atoms with Crippen molar-refractivity contribution < 1.29 is 0 Å². The van der Waals surface area contributed by atoms with Gasteiger partial charge in [-0.15, -0.1) is 0 Å². The Labute approximate surface area is 72.2 Å². The first-order valence-electron chi connectivity index (χ1n) is 4.05. The van der Waals surface area contributed by atoms with E-state index >= 15 is 0 Å². The molecule has 0 saturated carbocycles. The number of aryl methyl sites for hydroxylation is 1. The van der Waals surface area contributed by atoms with Gasteiger partial charge in [0.05, 0.1) is 0 Å². The van der Waals surface area contributed by atoms with E-state index in [-0.39, 0.29) is 6.04 Å². The van der Waals surface area contributed by atoms with Gasteiger partial charge in [-0.05, 0) is 41.7 Å². The van der Waals surface area contributed by atoms with Gasteiger partial charge in [-0.2, -0.15) is 11.3 Å². The fraction of sp³-hybridized carbons (Fsp3) is 0.556. The van der Waals surface area contributed by atoms with Gasteiger partial charge in [0.1, 0.15) is 0 Å². The Morgan fingerprint density at radius 3 is 3.00 bits per heavy atom. The van der Waals surface area contributed by atoms with Crippen molar-refractivity contribution in [2.24, 2.45) is 0 Å². The summed E-state index contributed by atoms with van der Waals surface area (Å²) >= 11 is 1.74. The summed E-state index contributed by atoms with van der Waals surface area (Å²) in [6, 6.07) is 2.28. The van der Waals surface area contributed by atoms with Crippen molar-refractivity contribution in [3.05, 3.63) is 22.4 Å².